The van der Waals surface area contributed by atoms with Gasteiger partial charge in [-0.25, -0.2) is 17.9 Å². The third-order valence-corrected chi connectivity index (χ3v) is 4.62. The van der Waals surface area contributed by atoms with Gasteiger partial charge in [0.2, 0.25) is 15.9 Å². The van der Waals surface area contributed by atoms with E-state index in [1.165, 1.54) is 12.1 Å². The summed E-state index contributed by atoms with van der Waals surface area (Å²) >= 11 is 0. The summed E-state index contributed by atoms with van der Waals surface area (Å²) in [4.78, 5) is 14.9. The summed E-state index contributed by atoms with van der Waals surface area (Å²) in [6, 6.07) is 4.06. The standard InChI is InChI=1S/C14H17N3O5S/c1-8(2)11-5-4-10(14(18)19)6-12(11)23(20,21)15-7-13-16-9(3)22-17-13/h4-6,8,15H,7H2,1-3H3,(H,18,19). The minimum Gasteiger partial charge on any atom is -0.478 e. The summed E-state index contributed by atoms with van der Waals surface area (Å²) in [6.07, 6.45) is 0. The highest BCUT2D eigenvalue weighted by Crippen LogP contribution is 2.25. The number of aryl methyl sites for hydroxylation is 1. The Kier molecular flexibility index (Phi) is 4.81. The maximum Gasteiger partial charge on any atom is 0.335 e. The van der Waals surface area contributed by atoms with E-state index in [2.05, 4.69) is 14.9 Å². The average Bonchev–Trinajstić information content (AvgIpc) is 2.90. The first kappa shape index (κ1) is 17.1. The van der Waals surface area contributed by atoms with E-state index in [0.29, 0.717) is 11.5 Å². The van der Waals surface area contributed by atoms with Gasteiger partial charge in [-0.05, 0) is 23.6 Å². The number of hydrogen-bond donors (Lipinski definition) is 2. The number of aromatic nitrogens is 2. The molecule has 0 radical (unpaired) electrons. The monoisotopic (exact) mass is 339 g/mol. The molecule has 2 rings (SSSR count). The second-order valence-electron chi connectivity index (χ2n) is 5.27. The zero-order valence-electron chi connectivity index (χ0n) is 12.9. The Hall–Kier alpha value is -2.26. The summed E-state index contributed by atoms with van der Waals surface area (Å²) in [7, 11) is -3.92. The Morgan fingerprint density at radius 3 is 2.61 bits per heavy atom. The lowest BCUT2D eigenvalue weighted by molar-refractivity contribution is 0.0696. The molecule has 0 unspecified atom stereocenters. The second kappa shape index (κ2) is 6.47. The lowest BCUT2D eigenvalue weighted by Gasteiger charge is -2.14. The van der Waals surface area contributed by atoms with Gasteiger partial charge < -0.3 is 9.63 Å². The highest BCUT2D eigenvalue weighted by molar-refractivity contribution is 7.89. The van der Waals surface area contributed by atoms with Crippen molar-refractivity contribution in [3.63, 3.8) is 0 Å². The van der Waals surface area contributed by atoms with Crippen LogP contribution in [-0.4, -0.2) is 29.6 Å². The third kappa shape index (κ3) is 3.93. The highest BCUT2D eigenvalue weighted by atomic mass is 32.2. The molecule has 23 heavy (non-hydrogen) atoms. The molecule has 0 spiro atoms. The first-order valence-corrected chi connectivity index (χ1v) is 8.35. The Morgan fingerprint density at radius 1 is 1.39 bits per heavy atom. The van der Waals surface area contributed by atoms with Gasteiger partial charge in [-0.3, -0.25) is 0 Å². The van der Waals surface area contributed by atoms with E-state index in [1.54, 1.807) is 6.92 Å². The van der Waals surface area contributed by atoms with Crippen molar-refractivity contribution in [1.29, 1.82) is 0 Å². The van der Waals surface area contributed by atoms with Crippen LogP contribution < -0.4 is 4.72 Å². The normalized spacial score (nSPS) is 11.8. The van der Waals surface area contributed by atoms with Crippen LogP contribution in [0.25, 0.3) is 0 Å². The van der Waals surface area contributed by atoms with Crippen LogP contribution in [0.4, 0.5) is 0 Å². The first-order chi connectivity index (χ1) is 10.7. The van der Waals surface area contributed by atoms with Gasteiger partial charge in [0.1, 0.15) is 0 Å². The molecule has 0 aliphatic rings. The lowest BCUT2D eigenvalue weighted by atomic mass is 10.0. The molecule has 0 atom stereocenters. The molecule has 0 bridgehead atoms. The van der Waals surface area contributed by atoms with E-state index in [-0.39, 0.29) is 28.7 Å². The van der Waals surface area contributed by atoms with Crippen LogP contribution in [0.1, 0.15) is 47.4 Å². The molecule has 0 aliphatic carbocycles. The van der Waals surface area contributed by atoms with Crippen molar-refractivity contribution in [2.75, 3.05) is 0 Å². The Morgan fingerprint density at radius 2 is 2.09 bits per heavy atom. The smallest absolute Gasteiger partial charge is 0.335 e. The molecular weight excluding hydrogens is 322 g/mol. The summed E-state index contributed by atoms with van der Waals surface area (Å²) in [5.74, 6) is -0.746. The Balaban J connectivity index is 2.36. The fourth-order valence-electron chi connectivity index (χ4n) is 2.03. The van der Waals surface area contributed by atoms with Crippen LogP contribution in [-0.2, 0) is 16.6 Å². The molecule has 1 heterocycles. The van der Waals surface area contributed by atoms with Gasteiger partial charge in [-0.1, -0.05) is 25.1 Å². The molecule has 0 saturated heterocycles. The van der Waals surface area contributed by atoms with Crippen LogP contribution in [0.2, 0.25) is 0 Å². The van der Waals surface area contributed by atoms with Crippen molar-refractivity contribution in [2.24, 2.45) is 0 Å². The largest absolute Gasteiger partial charge is 0.478 e. The number of carboxylic acid groups (broad SMARTS) is 1. The van der Waals surface area contributed by atoms with Gasteiger partial charge in [0, 0.05) is 6.92 Å². The molecule has 1 aromatic carbocycles. The number of hydrogen-bond acceptors (Lipinski definition) is 6. The van der Waals surface area contributed by atoms with Crippen LogP contribution in [0.5, 0.6) is 0 Å². The summed E-state index contributed by atoms with van der Waals surface area (Å²) in [5, 5.41) is 12.7. The molecule has 2 aromatic rings. The van der Waals surface area contributed by atoms with Gasteiger partial charge in [0.25, 0.3) is 0 Å². The van der Waals surface area contributed by atoms with Gasteiger partial charge in [-0.15, -0.1) is 0 Å². The van der Waals surface area contributed by atoms with Crippen molar-refractivity contribution < 1.29 is 22.8 Å². The molecular formula is C14H17N3O5S. The third-order valence-electron chi connectivity index (χ3n) is 3.16. The van der Waals surface area contributed by atoms with Gasteiger partial charge in [0.05, 0.1) is 17.0 Å². The van der Waals surface area contributed by atoms with E-state index >= 15 is 0 Å². The number of sulfonamides is 1. The zero-order valence-corrected chi connectivity index (χ0v) is 13.7. The molecule has 0 fully saturated rings. The predicted molar refractivity (Wildman–Crippen MR) is 80.6 cm³/mol. The van der Waals surface area contributed by atoms with E-state index in [1.807, 2.05) is 13.8 Å². The number of aromatic carboxylic acids is 1. The quantitative estimate of drug-likeness (QED) is 0.820. The SMILES string of the molecule is Cc1nc(CNS(=O)(=O)c2cc(C(=O)O)ccc2C(C)C)no1. The van der Waals surface area contributed by atoms with E-state index in [4.69, 9.17) is 9.63 Å². The molecule has 1 aromatic heterocycles. The van der Waals surface area contributed by atoms with Crippen LogP contribution in [0.3, 0.4) is 0 Å². The van der Waals surface area contributed by atoms with Crippen LogP contribution in [0, 0.1) is 6.92 Å². The van der Waals surface area contributed by atoms with Crippen LogP contribution >= 0.6 is 0 Å². The maximum atomic E-state index is 12.5. The lowest BCUT2D eigenvalue weighted by Crippen LogP contribution is -2.25. The first-order valence-electron chi connectivity index (χ1n) is 6.87. The fourth-order valence-corrected chi connectivity index (χ4v) is 3.40. The Bertz CT molecular complexity index is 827. The zero-order chi connectivity index (χ0) is 17.2. The molecule has 0 aliphatic heterocycles. The maximum absolute atomic E-state index is 12.5. The van der Waals surface area contributed by atoms with E-state index < -0.39 is 16.0 Å². The van der Waals surface area contributed by atoms with E-state index in [0.717, 1.165) is 6.07 Å². The summed E-state index contributed by atoms with van der Waals surface area (Å²) in [6.45, 7) is 5.11. The van der Waals surface area contributed by atoms with E-state index in [9.17, 15) is 13.2 Å². The minimum atomic E-state index is -3.92. The van der Waals surface area contributed by atoms with Gasteiger partial charge >= 0.3 is 5.97 Å². The number of carbonyl (C=O) groups is 1. The average molecular weight is 339 g/mol. The molecule has 9 heteroatoms. The topological polar surface area (TPSA) is 122 Å². The van der Waals surface area contributed by atoms with Crippen molar-refractivity contribution in [2.45, 2.75) is 38.1 Å². The van der Waals surface area contributed by atoms with Gasteiger partial charge in [-0.2, -0.15) is 4.98 Å². The molecule has 0 amide bonds. The van der Waals surface area contributed by atoms with Crippen molar-refractivity contribution in [3.8, 4) is 0 Å². The number of rotatable bonds is 6. The Labute approximate surface area is 133 Å². The van der Waals surface area contributed by atoms with Crippen LogP contribution in [0.15, 0.2) is 27.6 Å². The summed E-state index contributed by atoms with van der Waals surface area (Å²) in [5.41, 5.74) is 0.442. The highest BCUT2D eigenvalue weighted by Gasteiger charge is 2.22. The number of nitrogens with zero attached hydrogens (tertiary/aromatic N) is 2. The number of nitrogens with one attached hydrogen (secondary N) is 1. The number of benzene rings is 1. The van der Waals surface area contributed by atoms with Gasteiger partial charge in [0.15, 0.2) is 5.82 Å². The molecule has 8 nitrogen and oxygen atoms in total. The molecule has 2 N–H and O–H groups in total. The number of carboxylic acids is 1. The fraction of sp³-hybridized carbons (Fsp3) is 0.357. The predicted octanol–water partition coefficient (Wildman–Crippen LogP) is 1.68. The summed E-state index contributed by atoms with van der Waals surface area (Å²) < 4.78 is 32.2. The van der Waals surface area contributed by atoms with Crippen molar-refractivity contribution in [3.05, 3.63) is 41.0 Å². The van der Waals surface area contributed by atoms with Crippen molar-refractivity contribution in [1.82, 2.24) is 14.9 Å². The minimum absolute atomic E-state index is 0.0624. The molecule has 124 valence electrons. The molecule has 0 saturated carbocycles. The van der Waals surface area contributed by atoms with Crippen molar-refractivity contribution >= 4 is 16.0 Å². The second-order valence-corrected chi connectivity index (χ2v) is 7.00.